The first-order chi connectivity index (χ1) is 7.83. The molecule has 98 valence electrons. The van der Waals surface area contributed by atoms with Gasteiger partial charge in [-0.1, -0.05) is 18.6 Å². The van der Waals surface area contributed by atoms with Gasteiger partial charge in [-0.2, -0.15) is 0 Å². The molecule has 2 rings (SSSR count). The first-order valence-electron chi connectivity index (χ1n) is 6.89. The summed E-state index contributed by atoms with van der Waals surface area (Å²) < 4.78 is 6.35. The maximum absolute atomic E-state index is 10.2. The molecule has 0 aromatic heterocycles. The highest BCUT2D eigenvalue weighted by atomic mass is 16.5. The number of allylic oxidation sites excluding steroid dienone is 1. The van der Waals surface area contributed by atoms with Gasteiger partial charge in [0.2, 0.25) is 0 Å². The van der Waals surface area contributed by atoms with Gasteiger partial charge in [-0.25, -0.2) is 0 Å². The molecule has 0 aromatic carbocycles. The first kappa shape index (κ1) is 13.1. The predicted octanol–water partition coefficient (Wildman–Crippen LogP) is 3.44. The van der Waals surface area contributed by atoms with E-state index < -0.39 is 5.60 Å². The average Bonchev–Trinajstić information content (AvgIpc) is 2.25. The Morgan fingerprint density at radius 2 is 2.12 bits per heavy atom. The molecular weight excluding hydrogens is 212 g/mol. The smallest absolute Gasteiger partial charge is 0.0864 e. The van der Waals surface area contributed by atoms with Crippen molar-refractivity contribution in [1.82, 2.24) is 0 Å². The van der Waals surface area contributed by atoms with E-state index in [2.05, 4.69) is 19.9 Å². The summed E-state index contributed by atoms with van der Waals surface area (Å²) in [6.45, 7) is 8.24. The number of ether oxygens (including phenoxy) is 1. The Labute approximate surface area is 105 Å². The van der Waals surface area contributed by atoms with E-state index in [0.717, 1.165) is 25.7 Å². The lowest BCUT2D eigenvalue weighted by Crippen LogP contribution is -2.53. The molecule has 1 heterocycles. The SMILES string of the molecule is CC1=CC[C@]2(CC1)O[C@H](C(C)(C)O)CC[C@H]2C. The molecule has 0 aromatic rings. The fourth-order valence-corrected chi connectivity index (χ4v) is 3.13. The average molecular weight is 238 g/mol. The molecule has 2 nitrogen and oxygen atoms in total. The summed E-state index contributed by atoms with van der Waals surface area (Å²) in [7, 11) is 0. The van der Waals surface area contributed by atoms with Crippen molar-refractivity contribution in [3.05, 3.63) is 11.6 Å². The van der Waals surface area contributed by atoms with Crippen LogP contribution in [0.1, 0.15) is 59.8 Å². The van der Waals surface area contributed by atoms with E-state index in [-0.39, 0.29) is 11.7 Å². The van der Waals surface area contributed by atoms with E-state index in [4.69, 9.17) is 4.74 Å². The minimum Gasteiger partial charge on any atom is -0.388 e. The van der Waals surface area contributed by atoms with Crippen LogP contribution in [0.15, 0.2) is 11.6 Å². The molecule has 1 aliphatic carbocycles. The second-order valence-electron chi connectivity index (χ2n) is 6.56. The van der Waals surface area contributed by atoms with Crippen molar-refractivity contribution in [2.75, 3.05) is 0 Å². The van der Waals surface area contributed by atoms with Crippen molar-refractivity contribution in [3.8, 4) is 0 Å². The molecule has 0 radical (unpaired) electrons. The van der Waals surface area contributed by atoms with Crippen molar-refractivity contribution in [3.63, 3.8) is 0 Å². The Bertz CT molecular complexity index is 313. The molecule has 2 aliphatic rings. The Balaban J connectivity index is 2.15. The van der Waals surface area contributed by atoms with Crippen LogP contribution in [-0.4, -0.2) is 22.4 Å². The summed E-state index contributed by atoms with van der Waals surface area (Å²) in [4.78, 5) is 0. The van der Waals surface area contributed by atoms with Crippen molar-refractivity contribution >= 4 is 0 Å². The van der Waals surface area contributed by atoms with Crippen molar-refractivity contribution in [1.29, 1.82) is 0 Å². The maximum atomic E-state index is 10.2. The van der Waals surface area contributed by atoms with Crippen LogP contribution in [0.5, 0.6) is 0 Å². The molecule has 3 atom stereocenters. The minimum absolute atomic E-state index is 0.00879. The molecule has 17 heavy (non-hydrogen) atoms. The van der Waals surface area contributed by atoms with Crippen LogP contribution in [0.3, 0.4) is 0 Å². The second-order valence-corrected chi connectivity index (χ2v) is 6.56. The third-order valence-electron chi connectivity index (χ3n) is 4.66. The Morgan fingerprint density at radius 3 is 2.65 bits per heavy atom. The molecular formula is C15H26O2. The van der Waals surface area contributed by atoms with Gasteiger partial charge in [-0.15, -0.1) is 0 Å². The van der Waals surface area contributed by atoms with E-state index in [9.17, 15) is 5.11 Å². The Morgan fingerprint density at radius 1 is 1.41 bits per heavy atom. The second kappa shape index (κ2) is 4.40. The molecule has 0 unspecified atom stereocenters. The van der Waals surface area contributed by atoms with Crippen LogP contribution >= 0.6 is 0 Å². The summed E-state index contributed by atoms with van der Waals surface area (Å²) in [6, 6.07) is 0. The van der Waals surface area contributed by atoms with Gasteiger partial charge >= 0.3 is 0 Å². The van der Waals surface area contributed by atoms with Gasteiger partial charge in [-0.05, 0) is 58.8 Å². The fraction of sp³-hybridized carbons (Fsp3) is 0.867. The molecule has 0 saturated carbocycles. The van der Waals surface area contributed by atoms with E-state index in [1.165, 1.54) is 12.0 Å². The van der Waals surface area contributed by atoms with Crippen LogP contribution in [0.4, 0.5) is 0 Å². The van der Waals surface area contributed by atoms with Gasteiger partial charge in [0, 0.05) is 0 Å². The summed E-state index contributed by atoms with van der Waals surface area (Å²) in [6.07, 6.45) is 7.74. The summed E-state index contributed by atoms with van der Waals surface area (Å²) in [5.74, 6) is 0.602. The van der Waals surface area contributed by atoms with Gasteiger partial charge in [0.15, 0.2) is 0 Å². The first-order valence-corrected chi connectivity index (χ1v) is 6.89. The van der Waals surface area contributed by atoms with E-state index in [1.54, 1.807) is 0 Å². The van der Waals surface area contributed by atoms with E-state index in [1.807, 2.05) is 13.8 Å². The quantitative estimate of drug-likeness (QED) is 0.709. The highest BCUT2D eigenvalue weighted by Gasteiger charge is 2.46. The van der Waals surface area contributed by atoms with Gasteiger partial charge in [0.25, 0.3) is 0 Å². The molecule has 1 fully saturated rings. The van der Waals surface area contributed by atoms with Gasteiger partial charge < -0.3 is 9.84 Å². The molecule has 1 N–H and O–H groups in total. The summed E-state index contributed by atoms with van der Waals surface area (Å²) >= 11 is 0. The van der Waals surface area contributed by atoms with Crippen LogP contribution in [0.25, 0.3) is 0 Å². The lowest BCUT2D eigenvalue weighted by atomic mass is 9.72. The monoisotopic (exact) mass is 238 g/mol. The lowest BCUT2D eigenvalue weighted by Gasteiger charge is -2.50. The van der Waals surface area contributed by atoms with Gasteiger partial charge in [0.1, 0.15) is 0 Å². The van der Waals surface area contributed by atoms with Gasteiger partial charge in [0.05, 0.1) is 17.3 Å². The van der Waals surface area contributed by atoms with E-state index >= 15 is 0 Å². The minimum atomic E-state index is -0.719. The van der Waals surface area contributed by atoms with Crippen molar-refractivity contribution in [2.45, 2.75) is 77.1 Å². The van der Waals surface area contributed by atoms with Crippen molar-refractivity contribution < 1.29 is 9.84 Å². The topological polar surface area (TPSA) is 29.5 Å². The van der Waals surface area contributed by atoms with Crippen LogP contribution in [0, 0.1) is 5.92 Å². The van der Waals surface area contributed by atoms with Crippen LogP contribution < -0.4 is 0 Å². The predicted molar refractivity (Wildman–Crippen MR) is 69.9 cm³/mol. The Kier molecular flexibility index (Phi) is 3.39. The summed E-state index contributed by atoms with van der Waals surface area (Å²) in [5.41, 5.74) is 0.753. The third kappa shape index (κ3) is 2.58. The van der Waals surface area contributed by atoms with E-state index in [0.29, 0.717) is 5.92 Å². The lowest BCUT2D eigenvalue weighted by molar-refractivity contribution is -0.213. The molecule has 0 amide bonds. The molecule has 1 aliphatic heterocycles. The molecule has 1 spiro atoms. The fourth-order valence-electron chi connectivity index (χ4n) is 3.13. The van der Waals surface area contributed by atoms with Crippen molar-refractivity contribution in [2.24, 2.45) is 5.92 Å². The number of rotatable bonds is 1. The largest absolute Gasteiger partial charge is 0.388 e. The number of aliphatic hydroxyl groups is 1. The number of hydrogen-bond acceptors (Lipinski definition) is 2. The molecule has 2 heteroatoms. The normalized spacial score (nSPS) is 39.2. The highest BCUT2D eigenvalue weighted by molar-refractivity contribution is 5.11. The maximum Gasteiger partial charge on any atom is 0.0864 e. The van der Waals surface area contributed by atoms with Crippen LogP contribution in [-0.2, 0) is 4.74 Å². The molecule has 1 saturated heterocycles. The standard InChI is InChI=1S/C15H26O2/c1-11-7-9-15(10-8-11)12(2)5-6-13(17-15)14(3,4)16/h7,12-13,16H,5-6,8-10H2,1-4H3/t12-,13+,15-/m1/s1. The summed E-state index contributed by atoms with van der Waals surface area (Å²) in [5, 5.41) is 10.2. The van der Waals surface area contributed by atoms with Crippen LogP contribution in [0.2, 0.25) is 0 Å². The number of hydrogen-bond donors (Lipinski definition) is 1. The Hall–Kier alpha value is -0.340. The third-order valence-corrected chi connectivity index (χ3v) is 4.66. The van der Waals surface area contributed by atoms with Gasteiger partial charge in [-0.3, -0.25) is 0 Å². The zero-order valence-corrected chi connectivity index (χ0v) is 11.6. The molecule has 0 bridgehead atoms. The zero-order valence-electron chi connectivity index (χ0n) is 11.6. The zero-order chi connectivity index (χ0) is 12.7. The highest BCUT2D eigenvalue weighted by Crippen LogP contribution is 2.45.